The molecule has 1 saturated heterocycles. The molecule has 46 valence electrons. The lowest BCUT2D eigenvalue weighted by atomic mass is 10.2. The Balaban J connectivity index is 2.24. The van der Waals surface area contributed by atoms with Gasteiger partial charge in [-0.2, -0.15) is 0 Å². The predicted molar refractivity (Wildman–Crippen MR) is 34.4 cm³/mol. The Hall–Kier alpha value is -0.500. The molecule has 1 unspecified atom stereocenters. The molecule has 1 fully saturated rings. The predicted octanol–water partition coefficient (Wildman–Crippen LogP) is 0.211. The van der Waals surface area contributed by atoms with Crippen LogP contribution in [0.3, 0.4) is 0 Å². The molecule has 2 nitrogen and oxygen atoms in total. The van der Waals surface area contributed by atoms with Crippen LogP contribution < -0.4 is 11.1 Å². The van der Waals surface area contributed by atoms with Gasteiger partial charge in [0.05, 0.1) is 0 Å². The Morgan fingerprint density at radius 2 is 2.50 bits per heavy atom. The lowest BCUT2D eigenvalue weighted by Gasteiger charge is -1.99. The minimum atomic E-state index is 0.556. The summed E-state index contributed by atoms with van der Waals surface area (Å²) in [5.74, 6) is 0. The SMILES string of the molecule is N/C=C/C1CCCN1. The molecule has 0 aromatic heterocycles. The zero-order chi connectivity index (χ0) is 5.82. The van der Waals surface area contributed by atoms with E-state index < -0.39 is 0 Å². The molecular weight excluding hydrogens is 100 g/mol. The van der Waals surface area contributed by atoms with Gasteiger partial charge in [-0.3, -0.25) is 0 Å². The molecule has 0 bridgehead atoms. The summed E-state index contributed by atoms with van der Waals surface area (Å²) in [6.07, 6.45) is 6.15. The van der Waals surface area contributed by atoms with E-state index in [9.17, 15) is 0 Å². The molecule has 1 rings (SSSR count). The number of nitrogens with two attached hydrogens (primary N) is 1. The van der Waals surface area contributed by atoms with Crippen LogP contribution in [0.15, 0.2) is 12.3 Å². The van der Waals surface area contributed by atoms with Crippen molar-refractivity contribution in [1.29, 1.82) is 0 Å². The highest BCUT2D eigenvalue weighted by molar-refractivity contribution is 4.93. The monoisotopic (exact) mass is 112 g/mol. The van der Waals surface area contributed by atoms with E-state index in [4.69, 9.17) is 5.73 Å². The molecule has 1 aliphatic heterocycles. The Labute approximate surface area is 49.8 Å². The zero-order valence-corrected chi connectivity index (χ0v) is 4.93. The first-order valence-corrected chi connectivity index (χ1v) is 3.05. The first-order valence-electron chi connectivity index (χ1n) is 3.05. The van der Waals surface area contributed by atoms with Gasteiger partial charge < -0.3 is 11.1 Å². The van der Waals surface area contributed by atoms with Crippen molar-refractivity contribution in [3.05, 3.63) is 12.3 Å². The van der Waals surface area contributed by atoms with Gasteiger partial charge in [0.25, 0.3) is 0 Å². The summed E-state index contributed by atoms with van der Waals surface area (Å²) >= 11 is 0. The van der Waals surface area contributed by atoms with Gasteiger partial charge in [-0.1, -0.05) is 6.08 Å². The maximum absolute atomic E-state index is 5.19. The molecule has 0 amide bonds. The van der Waals surface area contributed by atoms with Crippen molar-refractivity contribution < 1.29 is 0 Å². The van der Waals surface area contributed by atoms with Crippen LogP contribution in [0.1, 0.15) is 12.8 Å². The van der Waals surface area contributed by atoms with Crippen LogP contribution in [-0.2, 0) is 0 Å². The highest BCUT2D eigenvalue weighted by Crippen LogP contribution is 2.04. The molecule has 0 aromatic rings. The van der Waals surface area contributed by atoms with E-state index in [0.717, 1.165) is 6.54 Å². The van der Waals surface area contributed by atoms with Gasteiger partial charge in [0.15, 0.2) is 0 Å². The molecule has 3 N–H and O–H groups in total. The molecule has 1 atom stereocenters. The average molecular weight is 112 g/mol. The summed E-state index contributed by atoms with van der Waals surface area (Å²) < 4.78 is 0. The molecule has 0 aliphatic carbocycles. The van der Waals surface area contributed by atoms with Gasteiger partial charge in [-0.05, 0) is 25.6 Å². The van der Waals surface area contributed by atoms with Crippen LogP contribution in [0.2, 0.25) is 0 Å². The average Bonchev–Trinajstić information content (AvgIpc) is 2.19. The third kappa shape index (κ3) is 1.23. The van der Waals surface area contributed by atoms with Gasteiger partial charge in [0.2, 0.25) is 0 Å². The van der Waals surface area contributed by atoms with Gasteiger partial charge in [-0.15, -0.1) is 0 Å². The van der Waals surface area contributed by atoms with Gasteiger partial charge in [-0.25, -0.2) is 0 Å². The third-order valence-electron chi connectivity index (χ3n) is 1.44. The Morgan fingerprint density at radius 1 is 1.62 bits per heavy atom. The maximum atomic E-state index is 5.19. The fraction of sp³-hybridized carbons (Fsp3) is 0.667. The Bertz CT molecular complexity index is 82.5. The summed E-state index contributed by atoms with van der Waals surface area (Å²) in [7, 11) is 0. The quantitative estimate of drug-likeness (QED) is 0.509. The van der Waals surface area contributed by atoms with Crippen molar-refractivity contribution in [2.75, 3.05) is 6.54 Å². The molecule has 8 heavy (non-hydrogen) atoms. The van der Waals surface area contributed by atoms with Crippen molar-refractivity contribution in [3.63, 3.8) is 0 Å². The number of nitrogens with one attached hydrogen (secondary N) is 1. The first-order chi connectivity index (χ1) is 3.93. The second-order valence-corrected chi connectivity index (χ2v) is 2.09. The lowest BCUT2D eigenvalue weighted by molar-refractivity contribution is 0.726. The highest BCUT2D eigenvalue weighted by atomic mass is 14.9. The van der Waals surface area contributed by atoms with Crippen molar-refractivity contribution in [1.82, 2.24) is 5.32 Å². The molecule has 0 saturated carbocycles. The molecule has 0 aromatic carbocycles. The van der Waals surface area contributed by atoms with Crippen molar-refractivity contribution in [2.24, 2.45) is 5.73 Å². The minimum Gasteiger partial charge on any atom is -0.405 e. The van der Waals surface area contributed by atoms with E-state index in [-0.39, 0.29) is 0 Å². The van der Waals surface area contributed by atoms with E-state index >= 15 is 0 Å². The summed E-state index contributed by atoms with van der Waals surface area (Å²) in [6, 6.07) is 0.556. The van der Waals surface area contributed by atoms with Crippen molar-refractivity contribution in [3.8, 4) is 0 Å². The van der Waals surface area contributed by atoms with Crippen LogP contribution in [0.25, 0.3) is 0 Å². The van der Waals surface area contributed by atoms with E-state index in [2.05, 4.69) is 5.32 Å². The largest absolute Gasteiger partial charge is 0.405 e. The molecule has 1 aliphatic rings. The van der Waals surface area contributed by atoms with E-state index in [0.29, 0.717) is 6.04 Å². The topological polar surface area (TPSA) is 38.0 Å². The smallest absolute Gasteiger partial charge is 0.0267 e. The fourth-order valence-corrected chi connectivity index (χ4v) is 1.01. The molecular formula is C6H12N2. The van der Waals surface area contributed by atoms with Gasteiger partial charge in [0.1, 0.15) is 0 Å². The van der Waals surface area contributed by atoms with Crippen LogP contribution >= 0.6 is 0 Å². The van der Waals surface area contributed by atoms with Gasteiger partial charge >= 0.3 is 0 Å². The summed E-state index contributed by atoms with van der Waals surface area (Å²) in [4.78, 5) is 0. The lowest BCUT2D eigenvalue weighted by Crippen LogP contribution is -2.18. The highest BCUT2D eigenvalue weighted by Gasteiger charge is 2.08. The van der Waals surface area contributed by atoms with Crippen LogP contribution in [-0.4, -0.2) is 12.6 Å². The van der Waals surface area contributed by atoms with Gasteiger partial charge in [0, 0.05) is 6.04 Å². The Morgan fingerprint density at radius 3 is 3.00 bits per heavy atom. The van der Waals surface area contributed by atoms with E-state index in [1.807, 2.05) is 6.08 Å². The Kier molecular flexibility index (Phi) is 1.92. The summed E-state index contributed by atoms with van der Waals surface area (Å²) in [5.41, 5.74) is 5.19. The zero-order valence-electron chi connectivity index (χ0n) is 4.93. The van der Waals surface area contributed by atoms with E-state index in [1.165, 1.54) is 12.8 Å². The number of hydrogen-bond acceptors (Lipinski definition) is 2. The summed E-state index contributed by atoms with van der Waals surface area (Å²) in [6.45, 7) is 1.15. The maximum Gasteiger partial charge on any atom is 0.0267 e. The molecule has 0 radical (unpaired) electrons. The van der Waals surface area contributed by atoms with Crippen LogP contribution in [0.5, 0.6) is 0 Å². The second-order valence-electron chi connectivity index (χ2n) is 2.09. The van der Waals surface area contributed by atoms with E-state index in [1.54, 1.807) is 6.20 Å². The summed E-state index contributed by atoms with van der Waals surface area (Å²) in [5, 5.41) is 3.29. The molecule has 1 heterocycles. The van der Waals surface area contributed by atoms with Crippen LogP contribution in [0, 0.1) is 0 Å². The van der Waals surface area contributed by atoms with Crippen molar-refractivity contribution >= 4 is 0 Å². The third-order valence-corrected chi connectivity index (χ3v) is 1.44. The number of rotatable bonds is 1. The second kappa shape index (κ2) is 2.72. The van der Waals surface area contributed by atoms with Crippen LogP contribution in [0.4, 0.5) is 0 Å². The standard InChI is InChI=1S/C6H12N2/c7-4-3-6-2-1-5-8-6/h3-4,6,8H,1-2,5,7H2/b4-3+. The minimum absolute atomic E-state index is 0.556. The van der Waals surface area contributed by atoms with Crippen molar-refractivity contribution in [2.45, 2.75) is 18.9 Å². The first kappa shape index (κ1) is 5.63. The molecule has 0 spiro atoms. The fourth-order valence-electron chi connectivity index (χ4n) is 1.01. The normalized spacial score (nSPS) is 29.8. The number of hydrogen-bond donors (Lipinski definition) is 2. The molecule has 2 heteroatoms.